The molecular weight excluding hydrogens is 287 g/mol. The first kappa shape index (κ1) is 13.7. The summed E-state index contributed by atoms with van der Waals surface area (Å²) in [6.07, 6.45) is 0. The Hall–Kier alpha value is -3.22. The molecule has 3 aromatic rings. The zero-order valence-electron chi connectivity index (χ0n) is 11.2. The Bertz CT molecular complexity index is 864. The number of hydrogen-bond donors (Lipinski definition) is 3. The summed E-state index contributed by atoms with van der Waals surface area (Å²) in [5, 5.41) is 22.3. The van der Waals surface area contributed by atoms with E-state index in [2.05, 4.69) is 20.4 Å². The van der Waals surface area contributed by atoms with Crippen LogP contribution in [0.2, 0.25) is 0 Å². The number of nitrogens with one attached hydrogen (secondary N) is 2. The Balaban J connectivity index is 1.97. The third kappa shape index (κ3) is 2.78. The standard InChI is InChI=1S/C15H11FN4O2/c16-10-3-5-11(6-4-10)17-19-14-13(18-20-15(14)22)9-1-7-12(21)8-2-9/h1-8,21H,(H2,18,20,22). The van der Waals surface area contributed by atoms with Gasteiger partial charge in [0, 0.05) is 5.56 Å². The quantitative estimate of drug-likeness (QED) is 0.644. The molecule has 0 radical (unpaired) electrons. The summed E-state index contributed by atoms with van der Waals surface area (Å²) in [5.41, 5.74) is 1.24. The Morgan fingerprint density at radius 1 is 0.909 bits per heavy atom. The van der Waals surface area contributed by atoms with Gasteiger partial charge in [0.2, 0.25) is 0 Å². The molecule has 0 unspecified atom stereocenters. The molecule has 7 heteroatoms. The summed E-state index contributed by atoms with van der Waals surface area (Å²) in [7, 11) is 0. The lowest BCUT2D eigenvalue weighted by atomic mass is 10.1. The lowest BCUT2D eigenvalue weighted by molar-refractivity contribution is 0.475. The number of phenols is 1. The van der Waals surface area contributed by atoms with Gasteiger partial charge in [-0.3, -0.25) is 15.0 Å². The van der Waals surface area contributed by atoms with E-state index in [-0.39, 0.29) is 17.3 Å². The van der Waals surface area contributed by atoms with Crippen molar-refractivity contribution in [3.8, 4) is 17.0 Å². The van der Waals surface area contributed by atoms with Crippen molar-refractivity contribution in [2.24, 2.45) is 10.2 Å². The van der Waals surface area contributed by atoms with Gasteiger partial charge in [0.05, 0.1) is 11.4 Å². The van der Waals surface area contributed by atoms with Crippen molar-refractivity contribution in [1.29, 1.82) is 0 Å². The number of nitrogens with zero attached hydrogens (tertiary/aromatic N) is 2. The predicted octanol–water partition coefficient (Wildman–Crippen LogP) is 3.63. The first-order chi connectivity index (χ1) is 10.6. The molecule has 3 N–H and O–H groups in total. The van der Waals surface area contributed by atoms with Gasteiger partial charge in [0.1, 0.15) is 11.6 Å². The van der Waals surface area contributed by atoms with Crippen LogP contribution in [0, 0.1) is 5.82 Å². The van der Waals surface area contributed by atoms with E-state index in [4.69, 9.17) is 0 Å². The highest BCUT2D eigenvalue weighted by Crippen LogP contribution is 2.27. The highest BCUT2D eigenvalue weighted by molar-refractivity contribution is 5.71. The molecule has 22 heavy (non-hydrogen) atoms. The SMILES string of the molecule is O=c1[nH][nH]c(-c2ccc(O)cc2)c1N=Nc1ccc(F)cc1. The summed E-state index contributed by atoms with van der Waals surface area (Å²) in [4.78, 5) is 11.8. The van der Waals surface area contributed by atoms with Gasteiger partial charge in [-0.25, -0.2) is 4.39 Å². The largest absolute Gasteiger partial charge is 0.508 e. The minimum absolute atomic E-state index is 0.106. The maximum absolute atomic E-state index is 12.8. The second-order valence-electron chi connectivity index (χ2n) is 4.53. The number of benzene rings is 2. The van der Waals surface area contributed by atoms with Gasteiger partial charge in [0.15, 0.2) is 5.69 Å². The molecule has 1 aromatic heterocycles. The van der Waals surface area contributed by atoms with Gasteiger partial charge in [-0.15, -0.1) is 5.11 Å². The lowest BCUT2D eigenvalue weighted by Crippen LogP contribution is -1.96. The van der Waals surface area contributed by atoms with E-state index in [0.717, 1.165) is 0 Å². The molecule has 0 aliphatic rings. The van der Waals surface area contributed by atoms with E-state index in [0.29, 0.717) is 16.9 Å². The fourth-order valence-electron chi connectivity index (χ4n) is 1.90. The molecule has 0 saturated carbocycles. The van der Waals surface area contributed by atoms with E-state index in [1.54, 1.807) is 12.1 Å². The van der Waals surface area contributed by atoms with Gasteiger partial charge in [-0.2, -0.15) is 5.11 Å². The van der Waals surface area contributed by atoms with E-state index < -0.39 is 5.56 Å². The van der Waals surface area contributed by atoms with Crippen LogP contribution in [-0.2, 0) is 0 Å². The van der Waals surface area contributed by atoms with Crippen LogP contribution in [0.15, 0.2) is 63.6 Å². The molecule has 110 valence electrons. The van der Waals surface area contributed by atoms with Crippen LogP contribution in [-0.4, -0.2) is 15.3 Å². The molecule has 0 aliphatic heterocycles. The van der Waals surface area contributed by atoms with Crippen LogP contribution < -0.4 is 5.56 Å². The number of rotatable bonds is 3. The molecule has 2 aromatic carbocycles. The van der Waals surface area contributed by atoms with Crippen molar-refractivity contribution in [1.82, 2.24) is 10.2 Å². The third-order valence-corrected chi connectivity index (χ3v) is 3.00. The lowest BCUT2D eigenvalue weighted by Gasteiger charge is -1.99. The summed E-state index contributed by atoms with van der Waals surface area (Å²) in [5.74, 6) is -0.251. The smallest absolute Gasteiger partial charge is 0.292 e. The predicted molar refractivity (Wildman–Crippen MR) is 79.1 cm³/mol. The molecule has 0 atom stereocenters. The number of H-pyrrole nitrogens is 2. The van der Waals surface area contributed by atoms with Gasteiger partial charge < -0.3 is 5.11 Å². The number of halogens is 1. The molecular formula is C15H11FN4O2. The van der Waals surface area contributed by atoms with Crippen molar-refractivity contribution in [3.63, 3.8) is 0 Å². The molecule has 0 amide bonds. The van der Waals surface area contributed by atoms with E-state index >= 15 is 0 Å². The Morgan fingerprint density at radius 3 is 2.27 bits per heavy atom. The second kappa shape index (κ2) is 5.65. The van der Waals surface area contributed by atoms with Gasteiger partial charge >= 0.3 is 0 Å². The molecule has 0 fully saturated rings. The minimum atomic E-state index is -0.422. The zero-order chi connectivity index (χ0) is 15.5. The van der Waals surface area contributed by atoms with Crippen molar-refractivity contribution in [2.75, 3.05) is 0 Å². The number of phenolic OH excluding ortho intramolecular Hbond substituents is 1. The molecule has 6 nitrogen and oxygen atoms in total. The summed E-state index contributed by atoms with van der Waals surface area (Å²) in [6, 6.07) is 11.7. The van der Waals surface area contributed by atoms with Gasteiger partial charge in [-0.05, 0) is 48.5 Å². The molecule has 0 bridgehead atoms. The van der Waals surface area contributed by atoms with Crippen LogP contribution in [0.4, 0.5) is 15.8 Å². The Kier molecular flexibility index (Phi) is 3.53. The number of aromatic amines is 2. The zero-order valence-corrected chi connectivity index (χ0v) is 11.2. The first-order valence-electron chi connectivity index (χ1n) is 6.41. The molecule has 3 rings (SSSR count). The summed E-state index contributed by atoms with van der Waals surface area (Å²) < 4.78 is 12.8. The van der Waals surface area contributed by atoms with Crippen LogP contribution >= 0.6 is 0 Å². The van der Waals surface area contributed by atoms with Crippen molar-refractivity contribution in [2.45, 2.75) is 0 Å². The highest BCUT2D eigenvalue weighted by atomic mass is 19.1. The topological polar surface area (TPSA) is 93.6 Å². The molecule has 0 saturated heterocycles. The number of aromatic hydroxyl groups is 1. The van der Waals surface area contributed by atoms with Crippen LogP contribution in [0.25, 0.3) is 11.3 Å². The molecule has 0 spiro atoms. The molecule has 0 aliphatic carbocycles. The second-order valence-corrected chi connectivity index (χ2v) is 4.53. The average Bonchev–Trinajstić information content (AvgIpc) is 2.89. The summed E-state index contributed by atoms with van der Waals surface area (Å²) in [6.45, 7) is 0. The Morgan fingerprint density at radius 2 is 1.59 bits per heavy atom. The van der Waals surface area contributed by atoms with Crippen molar-refractivity contribution < 1.29 is 9.50 Å². The minimum Gasteiger partial charge on any atom is -0.508 e. The average molecular weight is 298 g/mol. The van der Waals surface area contributed by atoms with Crippen LogP contribution in [0.3, 0.4) is 0 Å². The van der Waals surface area contributed by atoms with Crippen molar-refractivity contribution >= 4 is 11.4 Å². The monoisotopic (exact) mass is 298 g/mol. The van der Waals surface area contributed by atoms with Gasteiger partial charge in [-0.1, -0.05) is 0 Å². The maximum Gasteiger partial charge on any atom is 0.292 e. The van der Waals surface area contributed by atoms with E-state index in [1.165, 1.54) is 36.4 Å². The number of azo groups is 1. The number of aromatic nitrogens is 2. The number of hydrogen-bond acceptors (Lipinski definition) is 4. The van der Waals surface area contributed by atoms with Crippen LogP contribution in [0.5, 0.6) is 5.75 Å². The Labute approximate surface area is 124 Å². The fourth-order valence-corrected chi connectivity index (χ4v) is 1.90. The normalized spacial score (nSPS) is 11.1. The maximum atomic E-state index is 12.8. The van der Waals surface area contributed by atoms with E-state index in [1.807, 2.05) is 0 Å². The fraction of sp³-hybridized carbons (Fsp3) is 0. The van der Waals surface area contributed by atoms with Crippen molar-refractivity contribution in [3.05, 3.63) is 64.7 Å². The van der Waals surface area contributed by atoms with E-state index in [9.17, 15) is 14.3 Å². The van der Waals surface area contributed by atoms with Gasteiger partial charge in [0.25, 0.3) is 5.56 Å². The summed E-state index contributed by atoms with van der Waals surface area (Å²) >= 11 is 0. The van der Waals surface area contributed by atoms with Crippen LogP contribution in [0.1, 0.15) is 0 Å². The first-order valence-corrected chi connectivity index (χ1v) is 6.41. The molecule has 1 heterocycles. The highest BCUT2D eigenvalue weighted by Gasteiger charge is 2.11. The third-order valence-electron chi connectivity index (χ3n) is 3.00.